The molecule has 0 fully saturated rings. The standard InChI is InChI=1S/C8H10F2N2O/c1-5-2-3-6(11)8(12-5)13-4-7(9)10/h2-3,7H,4,11H2,1H3. The van der Waals surface area contributed by atoms with Crippen molar-refractivity contribution in [3.8, 4) is 5.88 Å². The number of aryl methyl sites for hydroxylation is 1. The van der Waals surface area contributed by atoms with Crippen molar-refractivity contribution in [3.63, 3.8) is 0 Å². The summed E-state index contributed by atoms with van der Waals surface area (Å²) in [7, 11) is 0. The Morgan fingerprint density at radius 2 is 2.23 bits per heavy atom. The van der Waals surface area contributed by atoms with Crippen LogP contribution in [-0.4, -0.2) is 18.0 Å². The van der Waals surface area contributed by atoms with Gasteiger partial charge in [-0.25, -0.2) is 13.8 Å². The second-order valence-corrected chi connectivity index (χ2v) is 2.55. The summed E-state index contributed by atoms with van der Waals surface area (Å²) in [5.41, 5.74) is 6.39. The molecule has 0 amide bonds. The van der Waals surface area contributed by atoms with Gasteiger partial charge in [0.2, 0.25) is 5.88 Å². The minimum absolute atomic E-state index is 0.0697. The number of anilines is 1. The monoisotopic (exact) mass is 188 g/mol. The van der Waals surface area contributed by atoms with Crippen LogP contribution in [0.5, 0.6) is 5.88 Å². The van der Waals surface area contributed by atoms with E-state index in [4.69, 9.17) is 10.5 Å². The van der Waals surface area contributed by atoms with Crippen LogP contribution in [0, 0.1) is 6.92 Å². The van der Waals surface area contributed by atoms with E-state index in [0.717, 1.165) is 0 Å². The average Bonchev–Trinajstić information content (AvgIpc) is 2.06. The molecule has 0 atom stereocenters. The number of pyridine rings is 1. The van der Waals surface area contributed by atoms with Crippen LogP contribution in [0.4, 0.5) is 14.5 Å². The zero-order chi connectivity index (χ0) is 9.84. The van der Waals surface area contributed by atoms with Crippen molar-refractivity contribution in [3.05, 3.63) is 17.8 Å². The van der Waals surface area contributed by atoms with Gasteiger partial charge in [0.05, 0.1) is 5.69 Å². The van der Waals surface area contributed by atoms with E-state index >= 15 is 0 Å². The van der Waals surface area contributed by atoms with Gasteiger partial charge >= 0.3 is 0 Å². The van der Waals surface area contributed by atoms with Crippen LogP contribution in [0.3, 0.4) is 0 Å². The van der Waals surface area contributed by atoms with Gasteiger partial charge in [0.15, 0.2) is 6.61 Å². The second-order valence-electron chi connectivity index (χ2n) is 2.55. The molecule has 72 valence electrons. The lowest BCUT2D eigenvalue weighted by molar-refractivity contribution is 0.0799. The number of rotatable bonds is 3. The summed E-state index contributed by atoms with van der Waals surface area (Å²) >= 11 is 0. The minimum Gasteiger partial charge on any atom is -0.470 e. The van der Waals surface area contributed by atoms with Gasteiger partial charge in [-0.2, -0.15) is 0 Å². The molecule has 0 spiro atoms. The van der Waals surface area contributed by atoms with Crippen molar-refractivity contribution >= 4 is 5.69 Å². The van der Waals surface area contributed by atoms with Crippen molar-refractivity contribution in [2.45, 2.75) is 13.3 Å². The molecule has 1 aromatic heterocycles. The first kappa shape index (κ1) is 9.70. The molecule has 1 aromatic rings. The minimum atomic E-state index is -2.51. The zero-order valence-electron chi connectivity index (χ0n) is 7.13. The molecule has 1 heterocycles. The number of nitrogen functional groups attached to an aromatic ring is 1. The lowest BCUT2D eigenvalue weighted by Gasteiger charge is -2.07. The van der Waals surface area contributed by atoms with Gasteiger partial charge in [0.25, 0.3) is 6.43 Å². The van der Waals surface area contributed by atoms with Crippen molar-refractivity contribution in [2.24, 2.45) is 0 Å². The molecule has 0 aromatic carbocycles. The highest BCUT2D eigenvalue weighted by molar-refractivity contribution is 5.48. The predicted molar refractivity (Wildman–Crippen MR) is 44.9 cm³/mol. The van der Waals surface area contributed by atoms with E-state index in [1.165, 1.54) is 0 Å². The Balaban J connectivity index is 2.70. The molecule has 5 heteroatoms. The van der Waals surface area contributed by atoms with Gasteiger partial charge in [-0.05, 0) is 19.1 Å². The van der Waals surface area contributed by atoms with E-state index in [1.807, 2.05) is 0 Å². The van der Waals surface area contributed by atoms with Crippen LogP contribution < -0.4 is 10.5 Å². The summed E-state index contributed by atoms with van der Waals surface area (Å²) in [6.07, 6.45) is -2.51. The Hall–Kier alpha value is -1.39. The second kappa shape index (κ2) is 4.02. The summed E-state index contributed by atoms with van der Waals surface area (Å²) in [5.74, 6) is 0.0697. The Morgan fingerprint density at radius 1 is 1.54 bits per heavy atom. The van der Waals surface area contributed by atoms with Crippen LogP contribution in [0.15, 0.2) is 12.1 Å². The van der Waals surface area contributed by atoms with Crippen molar-refractivity contribution in [2.75, 3.05) is 12.3 Å². The van der Waals surface area contributed by atoms with Gasteiger partial charge in [0, 0.05) is 5.69 Å². The van der Waals surface area contributed by atoms with Crippen LogP contribution in [-0.2, 0) is 0 Å². The van der Waals surface area contributed by atoms with Crippen molar-refractivity contribution in [1.82, 2.24) is 4.98 Å². The Labute approximate surface area is 74.5 Å². The summed E-state index contributed by atoms with van der Waals surface area (Å²) in [6, 6.07) is 3.26. The number of ether oxygens (including phenoxy) is 1. The smallest absolute Gasteiger partial charge is 0.272 e. The fourth-order valence-electron chi connectivity index (χ4n) is 0.801. The molecule has 0 aliphatic heterocycles. The van der Waals surface area contributed by atoms with E-state index in [-0.39, 0.29) is 11.6 Å². The molecule has 13 heavy (non-hydrogen) atoms. The lowest BCUT2D eigenvalue weighted by Crippen LogP contribution is -2.09. The Kier molecular flexibility index (Phi) is 3.00. The number of nitrogens with zero attached hydrogens (tertiary/aromatic N) is 1. The topological polar surface area (TPSA) is 48.1 Å². The molecule has 1 rings (SSSR count). The van der Waals surface area contributed by atoms with E-state index in [9.17, 15) is 8.78 Å². The highest BCUT2D eigenvalue weighted by Gasteiger charge is 2.07. The van der Waals surface area contributed by atoms with Crippen molar-refractivity contribution in [1.29, 1.82) is 0 Å². The van der Waals surface area contributed by atoms with E-state index in [2.05, 4.69) is 4.98 Å². The van der Waals surface area contributed by atoms with E-state index in [0.29, 0.717) is 5.69 Å². The SMILES string of the molecule is Cc1ccc(N)c(OCC(F)F)n1. The van der Waals surface area contributed by atoms with E-state index < -0.39 is 13.0 Å². The van der Waals surface area contributed by atoms with Crippen molar-refractivity contribution < 1.29 is 13.5 Å². The predicted octanol–water partition coefficient (Wildman–Crippen LogP) is 1.62. The number of hydrogen-bond donors (Lipinski definition) is 1. The molecule has 0 saturated heterocycles. The largest absolute Gasteiger partial charge is 0.470 e. The zero-order valence-corrected chi connectivity index (χ0v) is 7.13. The summed E-state index contributed by atoms with van der Waals surface area (Å²) < 4.78 is 28.2. The molecule has 0 unspecified atom stereocenters. The maximum Gasteiger partial charge on any atom is 0.272 e. The lowest BCUT2D eigenvalue weighted by atomic mass is 10.3. The number of aromatic nitrogens is 1. The first-order valence-corrected chi connectivity index (χ1v) is 3.73. The van der Waals surface area contributed by atoms with Crippen LogP contribution in [0.25, 0.3) is 0 Å². The maximum absolute atomic E-state index is 11.8. The summed E-state index contributed by atoms with van der Waals surface area (Å²) in [6.45, 7) is 1.05. The quantitative estimate of drug-likeness (QED) is 0.784. The molecule has 0 saturated carbocycles. The fraction of sp³-hybridized carbons (Fsp3) is 0.375. The summed E-state index contributed by atoms with van der Waals surface area (Å²) in [4.78, 5) is 3.86. The molecule has 0 radical (unpaired) electrons. The van der Waals surface area contributed by atoms with Crippen LogP contribution in [0.1, 0.15) is 5.69 Å². The maximum atomic E-state index is 11.8. The van der Waals surface area contributed by atoms with Gasteiger partial charge in [-0.3, -0.25) is 0 Å². The molecular weight excluding hydrogens is 178 g/mol. The van der Waals surface area contributed by atoms with Crippen LogP contribution in [0.2, 0.25) is 0 Å². The third kappa shape index (κ3) is 2.85. The normalized spacial score (nSPS) is 10.5. The highest BCUT2D eigenvalue weighted by Crippen LogP contribution is 2.18. The van der Waals surface area contributed by atoms with Crippen LogP contribution >= 0.6 is 0 Å². The average molecular weight is 188 g/mol. The highest BCUT2D eigenvalue weighted by atomic mass is 19.3. The molecule has 2 N–H and O–H groups in total. The third-order valence-corrected chi connectivity index (χ3v) is 1.37. The molecule has 0 bridgehead atoms. The number of alkyl halides is 2. The first-order valence-electron chi connectivity index (χ1n) is 3.73. The van der Waals surface area contributed by atoms with Gasteiger partial charge in [0.1, 0.15) is 0 Å². The van der Waals surface area contributed by atoms with Gasteiger partial charge in [-0.15, -0.1) is 0 Å². The number of hydrogen-bond acceptors (Lipinski definition) is 3. The summed E-state index contributed by atoms with van der Waals surface area (Å²) in [5, 5.41) is 0. The Bertz CT molecular complexity index is 291. The first-order chi connectivity index (χ1) is 6.09. The Morgan fingerprint density at radius 3 is 2.85 bits per heavy atom. The molecule has 0 aliphatic rings. The molecule has 3 nitrogen and oxygen atoms in total. The number of halogens is 2. The molecule has 0 aliphatic carbocycles. The van der Waals surface area contributed by atoms with Gasteiger partial charge < -0.3 is 10.5 Å². The van der Waals surface area contributed by atoms with E-state index in [1.54, 1.807) is 19.1 Å². The fourth-order valence-corrected chi connectivity index (χ4v) is 0.801. The van der Waals surface area contributed by atoms with Gasteiger partial charge in [-0.1, -0.05) is 0 Å². The number of nitrogens with two attached hydrogens (primary N) is 1. The third-order valence-electron chi connectivity index (χ3n) is 1.37. The molecular formula is C8H10F2N2O.